The van der Waals surface area contributed by atoms with Crippen LogP contribution in [0.1, 0.15) is 29.8 Å². The number of hydrogen-bond donors (Lipinski definition) is 1. The van der Waals surface area contributed by atoms with Crippen LogP contribution < -0.4 is 5.73 Å². The zero-order valence-electron chi connectivity index (χ0n) is 8.79. The summed E-state index contributed by atoms with van der Waals surface area (Å²) in [4.78, 5) is 11.7. The number of nitrogens with two attached hydrogens (primary N) is 1. The van der Waals surface area contributed by atoms with Gasteiger partial charge in [-0.1, -0.05) is 12.1 Å². The van der Waals surface area contributed by atoms with E-state index in [-0.39, 0.29) is 12.0 Å². The van der Waals surface area contributed by atoms with Crippen molar-refractivity contribution in [1.82, 2.24) is 0 Å². The molecule has 0 radical (unpaired) electrons. The van der Waals surface area contributed by atoms with Crippen molar-refractivity contribution < 1.29 is 9.53 Å². The summed E-state index contributed by atoms with van der Waals surface area (Å²) in [6.45, 7) is 3.58. The van der Waals surface area contributed by atoms with Crippen molar-refractivity contribution in [3.63, 3.8) is 0 Å². The molecule has 3 nitrogen and oxygen atoms in total. The maximum atomic E-state index is 11.7. The van der Waals surface area contributed by atoms with Crippen LogP contribution in [-0.4, -0.2) is 12.1 Å². The Bertz CT molecular complexity index is 364. The van der Waals surface area contributed by atoms with Crippen LogP contribution in [0.5, 0.6) is 0 Å². The molecule has 0 amide bonds. The number of anilines is 1. The molecule has 4 heteroatoms. The molecule has 0 aliphatic heterocycles. The number of ether oxygens (including phenoxy) is 1. The molecule has 0 aliphatic carbocycles. The average Bonchev–Trinajstić information content (AvgIpc) is 2.15. The van der Waals surface area contributed by atoms with Gasteiger partial charge in [-0.2, -0.15) is 0 Å². The number of rotatable bonds is 3. The first-order valence-electron chi connectivity index (χ1n) is 4.70. The molecule has 0 fully saturated rings. The minimum atomic E-state index is -0.418. The van der Waals surface area contributed by atoms with Gasteiger partial charge in [-0.3, -0.25) is 0 Å². The van der Waals surface area contributed by atoms with Crippen LogP contribution in [0.25, 0.3) is 0 Å². The fourth-order valence-corrected chi connectivity index (χ4v) is 1.48. The Morgan fingerprint density at radius 2 is 2.20 bits per heavy atom. The van der Waals surface area contributed by atoms with Crippen molar-refractivity contribution in [3.8, 4) is 0 Å². The van der Waals surface area contributed by atoms with E-state index < -0.39 is 5.97 Å². The summed E-state index contributed by atoms with van der Waals surface area (Å²) in [5.41, 5.74) is 7.19. The highest BCUT2D eigenvalue weighted by Crippen LogP contribution is 2.20. The summed E-state index contributed by atoms with van der Waals surface area (Å²) in [6, 6.07) is 5.19. The van der Waals surface area contributed by atoms with Crippen LogP contribution in [0.4, 0.5) is 5.69 Å². The molecule has 1 aromatic carbocycles. The quantitative estimate of drug-likeness (QED) is 0.491. The maximum Gasteiger partial charge on any atom is 0.340 e. The second kappa shape index (κ2) is 5.03. The number of halogens is 1. The van der Waals surface area contributed by atoms with Gasteiger partial charge in [-0.15, -0.1) is 11.6 Å². The summed E-state index contributed by atoms with van der Waals surface area (Å²) in [7, 11) is 0. The van der Waals surface area contributed by atoms with Crippen LogP contribution in [0.2, 0.25) is 0 Å². The zero-order valence-corrected chi connectivity index (χ0v) is 9.54. The summed E-state index contributed by atoms with van der Waals surface area (Å²) in [6.07, 6.45) is -0.166. The summed E-state index contributed by atoms with van der Waals surface area (Å²) < 4.78 is 5.08. The van der Waals surface area contributed by atoms with Gasteiger partial charge in [0, 0.05) is 11.6 Å². The highest BCUT2D eigenvalue weighted by molar-refractivity contribution is 6.18. The first-order chi connectivity index (χ1) is 7.06. The van der Waals surface area contributed by atoms with Crippen molar-refractivity contribution in [2.45, 2.75) is 25.8 Å². The number of hydrogen-bond acceptors (Lipinski definition) is 3. The van der Waals surface area contributed by atoms with Gasteiger partial charge in [0.15, 0.2) is 0 Å². The number of nitrogen functional groups attached to an aromatic ring is 1. The Morgan fingerprint density at radius 1 is 1.53 bits per heavy atom. The fraction of sp³-hybridized carbons (Fsp3) is 0.364. The molecule has 15 heavy (non-hydrogen) atoms. The third kappa shape index (κ3) is 2.86. The largest absolute Gasteiger partial charge is 0.459 e. The third-order valence-corrected chi connectivity index (χ3v) is 2.16. The van der Waals surface area contributed by atoms with Crippen molar-refractivity contribution in [1.29, 1.82) is 0 Å². The zero-order chi connectivity index (χ0) is 11.4. The Balaban J connectivity index is 3.06. The molecule has 2 N–H and O–H groups in total. The van der Waals surface area contributed by atoms with Gasteiger partial charge in [0.2, 0.25) is 0 Å². The molecule has 82 valence electrons. The SMILES string of the molecule is CC(C)OC(=O)c1c(N)cccc1CCl. The predicted molar refractivity (Wildman–Crippen MR) is 61.0 cm³/mol. The van der Waals surface area contributed by atoms with Gasteiger partial charge in [0.25, 0.3) is 0 Å². The average molecular weight is 228 g/mol. The van der Waals surface area contributed by atoms with Gasteiger partial charge in [0.1, 0.15) is 0 Å². The fourth-order valence-electron chi connectivity index (χ4n) is 1.25. The van der Waals surface area contributed by atoms with E-state index in [0.717, 1.165) is 0 Å². The topological polar surface area (TPSA) is 52.3 Å². The number of benzene rings is 1. The van der Waals surface area contributed by atoms with E-state index in [0.29, 0.717) is 16.8 Å². The lowest BCUT2D eigenvalue weighted by Crippen LogP contribution is -2.15. The van der Waals surface area contributed by atoms with Crippen LogP contribution in [0, 0.1) is 0 Å². The second-order valence-corrected chi connectivity index (χ2v) is 3.74. The number of carbonyl (C=O) groups is 1. The Kier molecular flexibility index (Phi) is 3.97. The highest BCUT2D eigenvalue weighted by Gasteiger charge is 2.16. The van der Waals surface area contributed by atoms with E-state index in [2.05, 4.69) is 0 Å². The van der Waals surface area contributed by atoms with E-state index in [1.165, 1.54) is 0 Å². The van der Waals surface area contributed by atoms with E-state index in [1.54, 1.807) is 32.0 Å². The number of carbonyl (C=O) groups excluding carboxylic acids is 1. The summed E-state index contributed by atoms with van der Waals surface area (Å²) >= 11 is 5.72. The van der Waals surface area contributed by atoms with Gasteiger partial charge in [-0.25, -0.2) is 4.79 Å². The Hall–Kier alpha value is -1.22. The second-order valence-electron chi connectivity index (χ2n) is 3.47. The van der Waals surface area contributed by atoms with Crippen LogP contribution >= 0.6 is 11.6 Å². The molecule has 0 aromatic heterocycles. The molecule has 0 unspecified atom stereocenters. The van der Waals surface area contributed by atoms with Crippen molar-refractivity contribution in [2.75, 3.05) is 5.73 Å². The molecule has 0 atom stereocenters. The van der Waals surface area contributed by atoms with E-state index >= 15 is 0 Å². The Morgan fingerprint density at radius 3 is 2.73 bits per heavy atom. The first kappa shape index (κ1) is 11.9. The monoisotopic (exact) mass is 227 g/mol. The summed E-state index contributed by atoms with van der Waals surface area (Å²) in [5, 5.41) is 0. The molecule has 0 saturated heterocycles. The van der Waals surface area contributed by atoms with Gasteiger partial charge >= 0.3 is 5.97 Å². The Labute approximate surface area is 94.2 Å². The lowest BCUT2D eigenvalue weighted by atomic mass is 10.1. The molecular formula is C11H14ClNO2. The van der Waals surface area contributed by atoms with Crippen LogP contribution in [0.3, 0.4) is 0 Å². The molecule has 0 aliphatic rings. The van der Waals surface area contributed by atoms with Gasteiger partial charge in [-0.05, 0) is 25.5 Å². The third-order valence-electron chi connectivity index (χ3n) is 1.87. The summed E-state index contributed by atoms with van der Waals surface area (Å²) in [5.74, 6) is -0.174. The minimum absolute atomic E-state index is 0.166. The molecule has 0 heterocycles. The van der Waals surface area contributed by atoms with Crippen LogP contribution in [-0.2, 0) is 10.6 Å². The minimum Gasteiger partial charge on any atom is -0.459 e. The van der Waals surface area contributed by atoms with Crippen molar-refractivity contribution >= 4 is 23.3 Å². The maximum absolute atomic E-state index is 11.7. The standard InChI is InChI=1S/C11H14ClNO2/c1-7(2)15-11(14)10-8(6-12)4-3-5-9(10)13/h3-5,7H,6,13H2,1-2H3. The lowest BCUT2D eigenvalue weighted by molar-refractivity contribution is 0.0378. The number of alkyl halides is 1. The smallest absolute Gasteiger partial charge is 0.340 e. The van der Waals surface area contributed by atoms with E-state index in [4.69, 9.17) is 22.1 Å². The normalized spacial score (nSPS) is 10.4. The van der Waals surface area contributed by atoms with Gasteiger partial charge < -0.3 is 10.5 Å². The molecular weight excluding hydrogens is 214 g/mol. The van der Waals surface area contributed by atoms with E-state index in [9.17, 15) is 4.79 Å². The van der Waals surface area contributed by atoms with E-state index in [1.807, 2.05) is 0 Å². The predicted octanol–water partition coefficient (Wildman–Crippen LogP) is 2.57. The number of esters is 1. The highest BCUT2D eigenvalue weighted by atomic mass is 35.5. The van der Waals surface area contributed by atoms with Crippen molar-refractivity contribution in [2.24, 2.45) is 0 Å². The van der Waals surface area contributed by atoms with Gasteiger partial charge in [0.05, 0.1) is 11.7 Å². The van der Waals surface area contributed by atoms with Crippen LogP contribution in [0.15, 0.2) is 18.2 Å². The lowest BCUT2D eigenvalue weighted by Gasteiger charge is -2.12. The molecule has 1 aromatic rings. The molecule has 0 saturated carbocycles. The molecule has 0 bridgehead atoms. The first-order valence-corrected chi connectivity index (χ1v) is 5.24. The molecule has 0 spiro atoms. The molecule has 1 rings (SSSR count). The van der Waals surface area contributed by atoms with Crippen molar-refractivity contribution in [3.05, 3.63) is 29.3 Å².